The molecule has 4 heteroatoms. The first-order chi connectivity index (χ1) is 6.63. The quantitative estimate of drug-likeness (QED) is 0.811. The van der Waals surface area contributed by atoms with Gasteiger partial charge in [-0.3, -0.25) is 0 Å². The summed E-state index contributed by atoms with van der Waals surface area (Å²) in [4.78, 5) is 0. The molecule has 0 saturated heterocycles. The van der Waals surface area contributed by atoms with E-state index in [4.69, 9.17) is 17.3 Å². The summed E-state index contributed by atoms with van der Waals surface area (Å²) in [5.41, 5.74) is 6.99. The van der Waals surface area contributed by atoms with Gasteiger partial charge in [-0.25, -0.2) is 4.39 Å². The number of nitrogens with two attached hydrogens (primary N) is 1. The lowest BCUT2D eigenvalue weighted by atomic mass is 10.2. The van der Waals surface area contributed by atoms with Gasteiger partial charge in [0, 0.05) is 23.8 Å². The van der Waals surface area contributed by atoms with Crippen LogP contribution in [-0.4, -0.2) is 19.3 Å². The first-order valence-electron chi connectivity index (χ1n) is 4.47. The minimum Gasteiger partial charge on any atom is -0.382 e. The Labute approximate surface area is 88.2 Å². The number of rotatable bonds is 4. The first-order valence-corrected chi connectivity index (χ1v) is 4.85. The van der Waals surface area contributed by atoms with Crippen molar-refractivity contribution in [2.75, 3.05) is 18.4 Å². The molecule has 1 atom stereocenters. The smallest absolute Gasteiger partial charge is 0.129 e. The van der Waals surface area contributed by atoms with E-state index < -0.39 is 6.17 Å². The number of alkyl halides is 1. The summed E-state index contributed by atoms with van der Waals surface area (Å²) >= 11 is 5.85. The number of hydrogen-bond donors (Lipinski definition) is 2. The Bertz CT molecular complexity index is 304. The fraction of sp³-hybridized carbons (Fsp3) is 0.400. The van der Waals surface area contributed by atoms with E-state index >= 15 is 0 Å². The van der Waals surface area contributed by atoms with Gasteiger partial charge >= 0.3 is 0 Å². The maximum atomic E-state index is 12.8. The lowest BCUT2D eigenvalue weighted by molar-refractivity contribution is 0.358. The maximum Gasteiger partial charge on any atom is 0.129 e. The Balaban J connectivity index is 2.55. The first kappa shape index (κ1) is 11.3. The van der Waals surface area contributed by atoms with Crippen molar-refractivity contribution in [3.8, 4) is 0 Å². The number of anilines is 1. The third-order valence-corrected chi connectivity index (χ3v) is 2.37. The van der Waals surface area contributed by atoms with Crippen molar-refractivity contribution in [2.45, 2.75) is 13.1 Å². The summed E-state index contributed by atoms with van der Waals surface area (Å²) in [6, 6.07) is 5.49. The van der Waals surface area contributed by atoms with E-state index in [1.807, 2.05) is 19.1 Å². The molecule has 0 saturated carbocycles. The van der Waals surface area contributed by atoms with Gasteiger partial charge in [0.1, 0.15) is 6.17 Å². The molecule has 0 bridgehead atoms. The molecule has 2 nitrogen and oxygen atoms in total. The lowest BCUT2D eigenvalue weighted by Gasteiger charge is -2.09. The molecule has 0 spiro atoms. The third-order valence-electron chi connectivity index (χ3n) is 1.94. The molecule has 0 aliphatic carbocycles. The van der Waals surface area contributed by atoms with Gasteiger partial charge in [-0.05, 0) is 30.7 Å². The highest BCUT2D eigenvalue weighted by atomic mass is 35.5. The highest BCUT2D eigenvalue weighted by Crippen LogP contribution is 2.19. The van der Waals surface area contributed by atoms with Crippen molar-refractivity contribution in [1.29, 1.82) is 0 Å². The van der Waals surface area contributed by atoms with E-state index in [1.165, 1.54) is 0 Å². The van der Waals surface area contributed by atoms with Gasteiger partial charge in [0.25, 0.3) is 0 Å². The monoisotopic (exact) mass is 216 g/mol. The molecule has 78 valence electrons. The number of hydrogen-bond acceptors (Lipinski definition) is 2. The summed E-state index contributed by atoms with van der Waals surface area (Å²) in [5.74, 6) is 0. The van der Waals surface area contributed by atoms with Crippen LogP contribution in [-0.2, 0) is 0 Å². The Morgan fingerprint density at radius 1 is 1.57 bits per heavy atom. The maximum absolute atomic E-state index is 12.8. The molecule has 0 heterocycles. The van der Waals surface area contributed by atoms with Gasteiger partial charge in [0.15, 0.2) is 0 Å². The van der Waals surface area contributed by atoms with Crippen LogP contribution in [0.1, 0.15) is 5.56 Å². The second-order valence-corrected chi connectivity index (χ2v) is 3.59. The topological polar surface area (TPSA) is 38.0 Å². The van der Waals surface area contributed by atoms with Gasteiger partial charge in [-0.1, -0.05) is 11.6 Å². The number of halogens is 2. The van der Waals surface area contributed by atoms with E-state index in [0.717, 1.165) is 11.3 Å². The van der Waals surface area contributed by atoms with Crippen LogP contribution in [0.5, 0.6) is 0 Å². The second kappa shape index (κ2) is 5.17. The molecule has 3 N–H and O–H groups in total. The van der Waals surface area contributed by atoms with Crippen LogP contribution >= 0.6 is 11.6 Å². The van der Waals surface area contributed by atoms with Crippen molar-refractivity contribution < 1.29 is 4.39 Å². The molecule has 1 aromatic rings. The fourth-order valence-corrected chi connectivity index (χ4v) is 1.18. The zero-order chi connectivity index (χ0) is 10.6. The minimum atomic E-state index is -1.01. The Morgan fingerprint density at radius 2 is 2.29 bits per heavy atom. The summed E-state index contributed by atoms with van der Waals surface area (Å²) in [6.07, 6.45) is -1.01. The minimum absolute atomic E-state index is 0.0412. The van der Waals surface area contributed by atoms with Crippen LogP contribution in [0.25, 0.3) is 0 Å². The highest BCUT2D eigenvalue weighted by Gasteiger charge is 2.03. The number of nitrogens with one attached hydrogen (secondary N) is 1. The SMILES string of the molecule is Cc1cc(NCC(F)CN)ccc1Cl. The van der Waals surface area contributed by atoms with Crippen LogP contribution in [0, 0.1) is 6.92 Å². The average molecular weight is 217 g/mol. The molecule has 1 aromatic carbocycles. The molecule has 1 unspecified atom stereocenters. The lowest BCUT2D eigenvalue weighted by Crippen LogP contribution is -2.23. The molecule has 0 aliphatic rings. The van der Waals surface area contributed by atoms with E-state index in [2.05, 4.69) is 5.32 Å². The van der Waals surface area contributed by atoms with E-state index in [9.17, 15) is 4.39 Å². The van der Waals surface area contributed by atoms with Gasteiger partial charge < -0.3 is 11.1 Å². The Hall–Kier alpha value is -0.800. The van der Waals surface area contributed by atoms with Gasteiger partial charge in [-0.2, -0.15) is 0 Å². The fourth-order valence-electron chi connectivity index (χ4n) is 1.07. The third kappa shape index (κ3) is 3.16. The molecular weight excluding hydrogens is 203 g/mol. The van der Waals surface area contributed by atoms with Gasteiger partial charge in [-0.15, -0.1) is 0 Å². The summed E-state index contributed by atoms with van der Waals surface area (Å²) in [5, 5.41) is 3.66. The standard InChI is InChI=1S/C10H14ClFN2/c1-7-4-9(2-3-10(7)11)14-6-8(12)5-13/h2-4,8,14H,5-6,13H2,1H3. The predicted octanol–water partition coefficient (Wildman–Crippen LogP) is 2.36. The molecule has 14 heavy (non-hydrogen) atoms. The summed E-state index contributed by atoms with van der Waals surface area (Å²) in [7, 11) is 0. The van der Waals surface area contributed by atoms with Crippen LogP contribution in [0.2, 0.25) is 5.02 Å². The van der Waals surface area contributed by atoms with Crippen molar-refractivity contribution >= 4 is 17.3 Å². The van der Waals surface area contributed by atoms with Crippen LogP contribution in [0.3, 0.4) is 0 Å². The summed E-state index contributed by atoms with van der Waals surface area (Å²) < 4.78 is 12.8. The second-order valence-electron chi connectivity index (χ2n) is 3.18. The number of aryl methyl sites for hydroxylation is 1. The predicted molar refractivity (Wildman–Crippen MR) is 58.6 cm³/mol. The van der Waals surface area contributed by atoms with E-state index in [0.29, 0.717) is 5.02 Å². The Morgan fingerprint density at radius 3 is 2.86 bits per heavy atom. The van der Waals surface area contributed by atoms with Crippen molar-refractivity contribution in [3.05, 3.63) is 28.8 Å². The molecule has 0 amide bonds. The Kier molecular flexibility index (Phi) is 4.17. The van der Waals surface area contributed by atoms with E-state index in [1.54, 1.807) is 6.07 Å². The zero-order valence-corrected chi connectivity index (χ0v) is 8.81. The van der Waals surface area contributed by atoms with Crippen LogP contribution < -0.4 is 11.1 Å². The highest BCUT2D eigenvalue weighted by molar-refractivity contribution is 6.31. The molecular formula is C10H14ClFN2. The van der Waals surface area contributed by atoms with E-state index in [-0.39, 0.29) is 13.1 Å². The van der Waals surface area contributed by atoms with Crippen molar-refractivity contribution in [1.82, 2.24) is 0 Å². The van der Waals surface area contributed by atoms with Crippen LogP contribution in [0.4, 0.5) is 10.1 Å². The molecule has 0 radical (unpaired) electrons. The van der Waals surface area contributed by atoms with Crippen LogP contribution in [0.15, 0.2) is 18.2 Å². The largest absolute Gasteiger partial charge is 0.382 e. The normalized spacial score (nSPS) is 12.6. The summed E-state index contributed by atoms with van der Waals surface area (Å²) in [6.45, 7) is 2.18. The van der Waals surface area contributed by atoms with Gasteiger partial charge in [0.05, 0.1) is 0 Å². The van der Waals surface area contributed by atoms with Gasteiger partial charge in [0.2, 0.25) is 0 Å². The molecule has 0 aliphatic heterocycles. The molecule has 0 fully saturated rings. The molecule has 1 rings (SSSR count). The number of benzene rings is 1. The van der Waals surface area contributed by atoms with Crippen molar-refractivity contribution in [2.24, 2.45) is 5.73 Å². The molecule has 0 aromatic heterocycles. The van der Waals surface area contributed by atoms with Crippen molar-refractivity contribution in [3.63, 3.8) is 0 Å². The zero-order valence-electron chi connectivity index (χ0n) is 8.06. The average Bonchev–Trinajstić information content (AvgIpc) is 2.19.